The number of β-amino-alcohol motifs (C(OH)–C–C–N with tert-alkyl or cyclic N) is 1. The maximum Gasteiger partial charge on any atom is 0.124 e. The topological polar surface area (TPSA) is 36.4 Å². The van der Waals surface area contributed by atoms with E-state index >= 15 is 0 Å². The first-order valence-corrected chi connectivity index (χ1v) is 6.16. The highest BCUT2D eigenvalue weighted by atomic mass is 19.1. The molecule has 1 aliphatic heterocycles. The van der Waals surface area contributed by atoms with Crippen molar-refractivity contribution in [1.82, 2.24) is 9.88 Å². The van der Waals surface area contributed by atoms with Gasteiger partial charge < -0.3 is 5.11 Å². The van der Waals surface area contributed by atoms with Gasteiger partial charge in [0, 0.05) is 31.2 Å². The lowest BCUT2D eigenvalue weighted by Gasteiger charge is -2.16. The van der Waals surface area contributed by atoms with Gasteiger partial charge in [0.1, 0.15) is 5.82 Å². The molecule has 18 heavy (non-hydrogen) atoms. The highest BCUT2D eigenvalue weighted by Gasteiger charge is 2.21. The van der Waals surface area contributed by atoms with E-state index in [1.165, 1.54) is 6.07 Å². The van der Waals surface area contributed by atoms with Crippen molar-refractivity contribution < 1.29 is 9.50 Å². The molecule has 1 aromatic heterocycles. The van der Waals surface area contributed by atoms with Crippen LogP contribution in [0.25, 0.3) is 10.9 Å². The maximum absolute atomic E-state index is 13.6. The summed E-state index contributed by atoms with van der Waals surface area (Å²) in [5.74, 6) is -0.231. The summed E-state index contributed by atoms with van der Waals surface area (Å²) in [6.07, 6.45) is 2.27. The van der Waals surface area contributed by atoms with Crippen molar-refractivity contribution in [3.63, 3.8) is 0 Å². The molecule has 0 radical (unpaired) electrons. The second-order valence-corrected chi connectivity index (χ2v) is 4.82. The highest BCUT2D eigenvalue weighted by Crippen LogP contribution is 2.21. The highest BCUT2D eigenvalue weighted by molar-refractivity contribution is 5.81. The van der Waals surface area contributed by atoms with Crippen molar-refractivity contribution >= 4 is 10.9 Å². The molecule has 0 bridgehead atoms. The van der Waals surface area contributed by atoms with Gasteiger partial charge in [0.2, 0.25) is 0 Å². The number of likely N-dealkylation sites (tertiary alicyclic amines) is 1. The largest absolute Gasteiger partial charge is 0.392 e. The fourth-order valence-corrected chi connectivity index (χ4v) is 2.54. The number of hydrogen-bond donors (Lipinski definition) is 1. The number of pyridine rings is 1. The molecule has 2 aromatic rings. The van der Waals surface area contributed by atoms with Gasteiger partial charge in [-0.25, -0.2) is 4.39 Å². The van der Waals surface area contributed by atoms with Gasteiger partial charge in [-0.05, 0) is 30.2 Å². The number of nitrogens with zero attached hydrogens (tertiary/aromatic N) is 2. The molecule has 0 spiro atoms. The summed E-state index contributed by atoms with van der Waals surface area (Å²) in [5.41, 5.74) is 1.74. The quantitative estimate of drug-likeness (QED) is 0.879. The molecule has 1 aromatic carbocycles. The minimum Gasteiger partial charge on any atom is -0.392 e. The van der Waals surface area contributed by atoms with Gasteiger partial charge in [-0.15, -0.1) is 0 Å². The zero-order valence-electron chi connectivity index (χ0n) is 10.0. The number of hydrogen-bond acceptors (Lipinski definition) is 3. The van der Waals surface area contributed by atoms with E-state index in [4.69, 9.17) is 0 Å². The molecular formula is C14H15FN2O. The Kier molecular flexibility index (Phi) is 2.97. The van der Waals surface area contributed by atoms with Crippen molar-refractivity contribution in [2.75, 3.05) is 13.1 Å². The summed E-state index contributed by atoms with van der Waals surface area (Å²) in [7, 11) is 0. The Hall–Kier alpha value is -1.52. The van der Waals surface area contributed by atoms with E-state index in [0.717, 1.165) is 29.4 Å². The van der Waals surface area contributed by atoms with Gasteiger partial charge in [-0.3, -0.25) is 9.88 Å². The van der Waals surface area contributed by atoms with Gasteiger partial charge in [0.15, 0.2) is 0 Å². The number of benzene rings is 1. The van der Waals surface area contributed by atoms with Crippen LogP contribution in [-0.4, -0.2) is 34.2 Å². The van der Waals surface area contributed by atoms with Gasteiger partial charge in [0.25, 0.3) is 0 Å². The number of halogens is 1. The van der Waals surface area contributed by atoms with E-state index in [0.29, 0.717) is 13.1 Å². The van der Waals surface area contributed by atoms with Crippen molar-refractivity contribution in [2.24, 2.45) is 0 Å². The van der Waals surface area contributed by atoms with Crippen LogP contribution in [0.3, 0.4) is 0 Å². The first-order chi connectivity index (χ1) is 8.72. The molecule has 1 N–H and O–H groups in total. The lowest BCUT2D eigenvalue weighted by atomic mass is 10.1. The van der Waals surface area contributed by atoms with Crippen molar-refractivity contribution in [3.8, 4) is 0 Å². The maximum atomic E-state index is 13.6. The zero-order chi connectivity index (χ0) is 12.5. The van der Waals surface area contributed by atoms with Crippen LogP contribution in [0.15, 0.2) is 30.5 Å². The number of aliphatic hydroxyl groups is 1. The van der Waals surface area contributed by atoms with E-state index in [-0.39, 0.29) is 11.9 Å². The van der Waals surface area contributed by atoms with Crippen LogP contribution < -0.4 is 0 Å². The summed E-state index contributed by atoms with van der Waals surface area (Å²) in [6.45, 7) is 2.15. The lowest BCUT2D eigenvalue weighted by Crippen LogP contribution is -2.21. The Morgan fingerprint density at radius 1 is 1.44 bits per heavy atom. The average Bonchev–Trinajstić information content (AvgIpc) is 2.74. The second-order valence-electron chi connectivity index (χ2n) is 4.82. The number of fused-ring (bicyclic) bond motifs is 1. The molecule has 1 saturated heterocycles. The molecule has 2 heterocycles. The number of rotatable bonds is 2. The zero-order valence-corrected chi connectivity index (χ0v) is 10.0. The van der Waals surface area contributed by atoms with Crippen molar-refractivity contribution in [3.05, 3.63) is 41.8 Å². The number of aromatic nitrogens is 1. The van der Waals surface area contributed by atoms with E-state index in [2.05, 4.69) is 9.88 Å². The van der Waals surface area contributed by atoms with Crippen LogP contribution in [-0.2, 0) is 6.54 Å². The Balaban J connectivity index is 1.95. The third-order valence-corrected chi connectivity index (χ3v) is 3.39. The van der Waals surface area contributed by atoms with Gasteiger partial charge in [-0.1, -0.05) is 6.07 Å². The molecule has 94 valence electrons. The minimum atomic E-state index is -0.252. The monoisotopic (exact) mass is 246 g/mol. The molecule has 3 rings (SSSR count). The molecule has 0 saturated carbocycles. The van der Waals surface area contributed by atoms with Crippen LogP contribution in [0.4, 0.5) is 4.39 Å². The van der Waals surface area contributed by atoms with Gasteiger partial charge in [0.05, 0.1) is 11.6 Å². The first kappa shape index (κ1) is 11.6. The molecule has 4 heteroatoms. The molecule has 1 fully saturated rings. The van der Waals surface area contributed by atoms with Crippen LogP contribution in [0.1, 0.15) is 12.0 Å². The molecule has 1 atom stereocenters. The summed E-state index contributed by atoms with van der Waals surface area (Å²) in [6, 6.07) is 6.73. The number of aliphatic hydroxyl groups excluding tert-OH is 1. The molecule has 1 aliphatic rings. The second kappa shape index (κ2) is 4.63. The Bertz CT molecular complexity index is 573. The molecule has 0 unspecified atom stereocenters. The Morgan fingerprint density at radius 2 is 2.33 bits per heavy atom. The lowest BCUT2D eigenvalue weighted by molar-refractivity contribution is 0.175. The third-order valence-electron chi connectivity index (χ3n) is 3.39. The van der Waals surface area contributed by atoms with E-state index in [9.17, 15) is 9.50 Å². The summed E-state index contributed by atoms with van der Waals surface area (Å²) >= 11 is 0. The van der Waals surface area contributed by atoms with E-state index < -0.39 is 0 Å². The van der Waals surface area contributed by atoms with Crippen molar-refractivity contribution in [1.29, 1.82) is 0 Å². The third kappa shape index (κ3) is 2.21. The van der Waals surface area contributed by atoms with Crippen LogP contribution >= 0.6 is 0 Å². The predicted molar refractivity (Wildman–Crippen MR) is 67.6 cm³/mol. The summed E-state index contributed by atoms with van der Waals surface area (Å²) in [4.78, 5) is 6.46. The van der Waals surface area contributed by atoms with Crippen LogP contribution in [0, 0.1) is 5.82 Å². The van der Waals surface area contributed by atoms with Gasteiger partial charge in [-0.2, -0.15) is 0 Å². The predicted octanol–water partition coefficient (Wildman–Crippen LogP) is 1.94. The molecule has 3 nitrogen and oxygen atoms in total. The van der Waals surface area contributed by atoms with Crippen molar-refractivity contribution in [2.45, 2.75) is 19.1 Å². The SMILES string of the molecule is O[C@H]1CCN(Cc2cc(F)cc3cccnc23)C1. The summed E-state index contributed by atoms with van der Waals surface area (Å²) < 4.78 is 13.6. The fraction of sp³-hybridized carbons (Fsp3) is 0.357. The average molecular weight is 246 g/mol. The minimum absolute atomic E-state index is 0.231. The summed E-state index contributed by atoms with van der Waals surface area (Å²) in [5, 5.41) is 10.3. The van der Waals surface area contributed by atoms with Crippen LogP contribution in [0.2, 0.25) is 0 Å². The van der Waals surface area contributed by atoms with Gasteiger partial charge >= 0.3 is 0 Å². The Morgan fingerprint density at radius 3 is 3.11 bits per heavy atom. The van der Waals surface area contributed by atoms with E-state index in [1.807, 2.05) is 12.1 Å². The van der Waals surface area contributed by atoms with E-state index in [1.54, 1.807) is 12.3 Å². The molecular weight excluding hydrogens is 231 g/mol. The molecule has 0 amide bonds. The van der Waals surface area contributed by atoms with Crippen LogP contribution in [0.5, 0.6) is 0 Å². The fourth-order valence-electron chi connectivity index (χ4n) is 2.54. The smallest absolute Gasteiger partial charge is 0.124 e. The first-order valence-electron chi connectivity index (χ1n) is 6.16. The molecule has 0 aliphatic carbocycles. The normalized spacial score (nSPS) is 20.7. The standard InChI is InChI=1S/C14H15FN2O/c15-12-6-10-2-1-4-16-14(10)11(7-12)8-17-5-3-13(18)9-17/h1-2,4,6-7,13,18H,3,5,8-9H2/t13-/m0/s1. The Labute approximate surface area is 105 Å².